The summed E-state index contributed by atoms with van der Waals surface area (Å²) in [6.45, 7) is 4.24. The molecule has 2 amide bonds. The Morgan fingerprint density at radius 1 is 1.28 bits per heavy atom. The molecular weight excluding hydrogens is 316 g/mol. The Labute approximate surface area is 146 Å². The van der Waals surface area contributed by atoms with Gasteiger partial charge in [0.2, 0.25) is 5.91 Å². The number of primary amides is 1. The molecule has 0 saturated carbocycles. The minimum absolute atomic E-state index is 0.0871. The molecule has 128 valence electrons. The normalized spacial score (nSPS) is 13.8. The van der Waals surface area contributed by atoms with Gasteiger partial charge in [-0.3, -0.25) is 14.6 Å². The van der Waals surface area contributed by atoms with Crippen LogP contribution in [0.4, 0.5) is 0 Å². The van der Waals surface area contributed by atoms with Crippen molar-refractivity contribution in [2.24, 2.45) is 10.7 Å². The highest BCUT2D eigenvalue weighted by Gasteiger charge is 2.23. The summed E-state index contributed by atoms with van der Waals surface area (Å²) in [7, 11) is 0. The molecule has 2 heterocycles. The number of hydrogen-bond acceptors (Lipinski definition) is 4. The molecule has 0 unspecified atom stereocenters. The number of fused-ring (bicyclic) bond motifs is 1. The number of nitrogens with zero attached hydrogens (tertiary/aromatic N) is 2. The van der Waals surface area contributed by atoms with Crippen molar-refractivity contribution in [1.29, 1.82) is 0 Å². The third-order valence-corrected chi connectivity index (χ3v) is 4.25. The first-order chi connectivity index (χ1) is 12.0. The Balaban J connectivity index is 1.76. The average molecular weight is 336 g/mol. The Kier molecular flexibility index (Phi) is 4.61. The standard InChI is InChI=1S/C19H20N4O2/c1-11(13-6-4-3-5-7-13)22-16(24)9-15-8-14-10-21-12(2)17(14)18(23-15)19(20)25/h3-8,11H,9-10H2,1-2H3,(H2,20,25)(H,22,24)/t11-/m1/s1. The van der Waals surface area contributed by atoms with Gasteiger partial charge in [0.15, 0.2) is 0 Å². The fourth-order valence-corrected chi connectivity index (χ4v) is 3.02. The number of hydrogen-bond donors (Lipinski definition) is 2. The molecule has 0 saturated heterocycles. The summed E-state index contributed by atoms with van der Waals surface area (Å²) in [5.74, 6) is -0.762. The van der Waals surface area contributed by atoms with Crippen molar-refractivity contribution in [2.45, 2.75) is 32.9 Å². The molecule has 1 aliphatic rings. The fraction of sp³-hybridized carbons (Fsp3) is 0.263. The van der Waals surface area contributed by atoms with Gasteiger partial charge in [0, 0.05) is 11.3 Å². The zero-order chi connectivity index (χ0) is 18.0. The third-order valence-electron chi connectivity index (χ3n) is 4.25. The highest BCUT2D eigenvalue weighted by atomic mass is 16.2. The van der Waals surface area contributed by atoms with Gasteiger partial charge in [0.1, 0.15) is 5.69 Å². The molecule has 2 aromatic rings. The maximum Gasteiger partial charge on any atom is 0.268 e. The highest BCUT2D eigenvalue weighted by Crippen LogP contribution is 2.23. The first kappa shape index (κ1) is 16.8. The first-order valence-corrected chi connectivity index (χ1v) is 8.14. The summed E-state index contributed by atoms with van der Waals surface area (Å²) in [6.07, 6.45) is 0.0871. The summed E-state index contributed by atoms with van der Waals surface area (Å²) in [5.41, 5.74) is 9.54. The van der Waals surface area contributed by atoms with Crippen LogP contribution in [0.3, 0.4) is 0 Å². The lowest BCUT2D eigenvalue weighted by Crippen LogP contribution is -2.29. The molecule has 25 heavy (non-hydrogen) atoms. The van der Waals surface area contributed by atoms with E-state index in [9.17, 15) is 9.59 Å². The van der Waals surface area contributed by atoms with Crippen LogP contribution < -0.4 is 11.1 Å². The highest BCUT2D eigenvalue weighted by molar-refractivity contribution is 6.10. The van der Waals surface area contributed by atoms with Gasteiger partial charge < -0.3 is 11.1 Å². The van der Waals surface area contributed by atoms with Gasteiger partial charge in [-0.05, 0) is 31.0 Å². The summed E-state index contributed by atoms with van der Waals surface area (Å²) >= 11 is 0. The number of rotatable bonds is 5. The fourth-order valence-electron chi connectivity index (χ4n) is 3.02. The molecule has 6 nitrogen and oxygen atoms in total. The Morgan fingerprint density at radius 3 is 2.68 bits per heavy atom. The number of nitrogens with one attached hydrogen (secondary N) is 1. The van der Waals surface area contributed by atoms with Crippen molar-refractivity contribution in [3.63, 3.8) is 0 Å². The lowest BCUT2D eigenvalue weighted by Gasteiger charge is -2.15. The van der Waals surface area contributed by atoms with Gasteiger partial charge in [0.25, 0.3) is 5.91 Å². The summed E-state index contributed by atoms with van der Waals surface area (Å²) < 4.78 is 0. The average Bonchev–Trinajstić information content (AvgIpc) is 2.95. The van der Waals surface area contributed by atoms with Crippen molar-refractivity contribution < 1.29 is 9.59 Å². The van der Waals surface area contributed by atoms with Gasteiger partial charge in [-0.2, -0.15) is 0 Å². The zero-order valence-corrected chi connectivity index (χ0v) is 14.2. The van der Waals surface area contributed by atoms with Gasteiger partial charge in [-0.1, -0.05) is 30.3 Å². The van der Waals surface area contributed by atoms with Crippen LogP contribution in [0.15, 0.2) is 41.4 Å². The van der Waals surface area contributed by atoms with Gasteiger partial charge in [-0.25, -0.2) is 4.98 Å². The van der Waals surface area contributed by atoms with Crippen LogP contribution in [0.25, 0.3) is 0 Å². The molecular formula is C19H20N4O2. The van der Waals surface area contributed by atoms with Crippen LogP contribution in [0, 0.1) is 0 Å². The largest absolute Gasteiger partial charge is 0.364 e. The summed E-state index contributed by atoms with van der Waals surface area (Å²) in [4.78, 5) is 32.7. The monoisotopic (exact) mass is 336 g/mol. The van der Waals surface area contributed by atoms with Crippen LogP contribution in [-0.4, -0.2) is 22.5 Å². The Hall–Kier alpha value is -3.02. The van der Waals surface area contributed by atoms with Crippen molar-refractivity contribution >= 4 is 17.5 Å². The van der Waals surface area contributed by atoms with Crippen LogP contribution in [0.1, 0.15) is 52.8 Å². The van der Waals surface area contributed by atoms with E-state index in [1.807, 2.05) is 50.2 Å². The summed E-state index contributed by atoms with van der Waals surface area (Å²) in [5, 5.41) is 2.95. The molecule has 1 aromatic carbocycles. The van der Waals surface area contributed by atoms with Crippen LogP contribution in [0.5, 0.6) is 0 Å². The van der Waals surface area contributed by atoms with Crippen LogP contribution in [-0.2, 0) is 17.8 Å². The molecule has 0 aliphatic carbocycles. The van der Waals surface area contributed by atoms with Crippen LogP contribution >= 0.6 is 0 Å². The van der Waals surface area contributed by atoms with Gasteiger partial charge in [0.05, 0.1) is 24.7 Å². The molecule has 3 rings (SSSR count). The van der Waals surface area contributed by atoms with E-state index in [2.05, 4.69) is 15.3 Å². The molecule has 0 fully saturated rings. The number of carbonyl (C=O) groups is 2. The molecule has 1 atom stereocenters. The predicted molar refractivity (Wildman–Crippen MR) is 95.4 cm³/mol. The third kappa shape index (κ3) is 3.57. The second-order valence-electron chi connectivity index (χ2n) is 6.14. The smallest absolute Gasteiger partial charge is 0.268 e. The number of carbonyl (C=O) groups excluding carboxylic acids is 2. The number of nitrogens with two attached hydrogens (primary N) is 1. The molecule has 3 N–H and O–H groups in total. The van der Waals surface area contributed by atoms with Crippen molar-refractivity contribution in [1.82, 2.24) is 10.3 Å². The van der Waals surface area contributed by atoms with E-state index in [1.165, 1.54) is 0 Å². The first-order valence-electron chi connectivity index (χ1n) is 8.14. The molecule has 0 bridgehead atoms. The van der Waals surface area contributed by atoms with E-state index in [1.54, 1.807) is 0 Å². The SMILES string of the molecule is CC1=NCc2cc(CC(=O)N[C@H](C)c3ccccc3)nc(C(N)=O)c21. The van der Waals surface area contributed by atoms with Crippen molar-refractivity contribution in [3.05, 3.63) is 64.5 Å². The minimum atomic E-state index is -0.604. The van der Waals surface area contributed by atoms with E-state index in [0.29, 0.717) is 17.8 Å². The number of pyridine rings is 1. The predicted octanol–water partition coefficient (Wildman–Crippen LogP) is 1.92. The topological polar surface area (TPSA) is 97.4 Å². The Morgan fingerprint density at radius 2 is 2.00 bits per heavy atom. The van der Waals surface area contributed by atoms with Crippen molar-refractivity contribution in [3.8, 4) is 0 Å². The zero-order valence-electron chi connectivity index (χ0n) is 14.2. The van der Waals surface area contributed by atoms with Crippen LogP contribution in [0.2, 0.25) is 0 Å². The van der Waals surface area contributed by atoms with E-state index < -0.39 is 5.91 Å². The number of benzene rings is 1. The quantitative estimate of drug-likeness (QED) is 0.873. The second kappa shape index (κ2) is 6.84. The number of aliphatic imine (C=N–C) groups is 1. The lowest BCUT2D eigenvalue weighted by atomic mass is 10.0. The van der Waals surface area contributed by atoms with Gasteiger partial charge in [-0.15, -0.1) is 0 Å². The maximum absolute atomic E-state index is 12.3. The Bertz CT molecular complexity index is 859. The molecule has 1 aromatic heterocycles. The second-order valence-corrected chi connectivity index (χ2v) is 6.14. The molecule has 1 aliphatic heterocycles. The van der Waals surface area contributed by atoms with E-state index >= 15 is 0 Å². The lowest BCUT2D eigenvalue weighted by molar-refractivity contribution is -0.121. The number of amides is 2. The van der Waals surface area contributed by atoms with E-state index in [-0.39, 0.29) is 24.1 Å². The van der Waals surface area contributed by atoms with E-state index in [0.717, 1.165) is 16.8 Å². The molecule has 6 heteroatoms. The maximum atomic E-state index is 12.3. The molecule has 0 spiro atoms. The van der Waals surface area contributed by atoms with Crippen molar-refractivity contribution in [2.75, 3.05) is 0 Å². The minimum Gasteiger partial charge on any atom is -0.364 e. The number of aromatic nitrogens is 1. The summed E-state index contributed by atoms with van der Waals surface area (Å²) in [6, 6.07) is 11.4. The molecule has 0 radical (unpaired) electrons. The van der Waals surface area contributed by atoms with Gasteiger partial charge >= 0.3 is 0 Å². The van der Waals surface area contributed by atoms with E-state index in [4.69, 9.17) is 5.73 Å².